The average Bonchev–Trinajstić information content (AvgIpc) is 2.08. The highest BCUT2D eigenvalue weighted by Gasteiger charge is 2.16. The Morgan fingerprint density at radius 2 is 2.27 bits per heavy atom. The van der Waals surface area contributed by atoms with Gasteiger partial charge >= 0.3 is 5.97 Å². The Morgan fingerprint density at radius 3 is 2.73 bits per heavy atom. The van der Waals surface area contributed by atoms with E-state index in [4.69, 9.17) is 5.11 Å². The summed E-state index contributed by atoms with van der Waals surface area (Å²) in [4.78, 5) is 14.1. The zero-order valence-corrected chi connectivity index (χ0v) is 9.38. The molecule has 0 spiro atoms. The number of hydrogen-bond acceptors (Lipinski definition) is 2. The molecule has 0 saturated heterocycles. The van der Waals surface area contributed by atoms with Gasteiger partial charge in [-0.25, -0.2) is 13.8 Å². The number of rotatable bonds is 3. The van der Waals surface area contributed by atoms with Gasteiger partial charge in [0, 0.05) is 4.47 Å². The van der Waals surface area contributed by atoms with Gasteiger partial charge in [-0.3, -0.25) is 4.79 Å². The first-order valence-corrected chi connectivity index (χ1v) is 4.87. The van der Waals surface area contributed by atoms with Crippen molar-refractivity contribution in [2.75, 3.05) is 0 Å². The Kier molecular flexibility index (Phi) is 3.73. The van der Waals surface area contributed by atoms with Gasteiger partial charge in [0.25, 0.3) is 6.43 Å². The number of carboxylic acid groups (broad SMARTS) is 1. The van der Waals surface area contributed by atoms with E-state index in [0.717, 1.165) is 0 Å². The lowest BCUT2D eigenvalue weighted by Crippen LogP contribution is -2.06. The van der Waals surface area contributed by atoms with Gasteiger partial charge in [-0.1, -0.05) is 0 Å². The van der Waals surface area contributed by atoms with Gasteiger partial charge in [-0.05, 0) is 34.5 Å². The third-order valence-corrected chi connectivity index (χ3v) is 2.49. The van der Waals surface area contributed by atoms with Gasteiger partial charge in [0.05, 0.1) is 12.1 Å². The number of nitrogens with zero attached hydrogens (tertiary/aromatic N) is 1. The topological polar surface area (TPSA) is 50.2 Å². The summed E-state index contributed by atoms with van der Waals surface area (Å²) in [7, 11) is 0. The molecule has 1 N–H and O–H groups in total. The molecular weight excluding hydrogens is 272 g/mol. The predicted molar refractivity (Wildman–Crippen MR) is 53.0 cm³/mol. The number of aliphatic carboxylic acids is 1. The van der Waals surface area contributed by atoms with E-state index < -0.39 is 12.4 Å². The summed E-state index contributed by atoms with van der Waals surface area (Å²) >= 11 is 3.09. The van der Waals surface area contributed by atoms with Crippen molar-refractivity contribution in [1.82, 2.24) is 4.98 Å². The zero-order chi connectivity index (χ0) is 11.6. The van der Waals surface area contributed by atoms with E-state index in [-0.39, 0.29) is 17.8 Å². The van der Waals surface area contributed by atoms with E-state index in [9.17, 15) is 13.6 Å². The number of carboxylic acids is 1. The molecule has 0 amide bonds. The molecule has 1 rings (SSSR count). The van der Waals surface area contributed by atoms with Crippen LogP contribution in [0.5, 0.6) is 0 Å². The minimum Gasteiger partial charge on any atom is -0.481 e. The number of aromatic nitrogens is 1. The number of halogens is 3. The molecule has 3 nitrogen and oxygen atoms in total. The van der Waals surface area contributed by atoms with Crippen LogP contribution in [0.15, 0.2) is 10.5 Å². The zero-order valence-electron chi connectivity index (χ0n) is 7.80. The number of aryl methyl sites for hydroxylation is 1. The van der Waals surface area contributed by atoms with Gasteiger partial charge in [0.15, 0.2) is 0 Å². The molecule has 0 radical (unpaired) electrons. The fourth-order valence-corrected chi connectivity index (χ4v) is 1.69. The molecule has 0 aliphatic rings. The van der Waals surface area contributed by atoms with E-state index >= 15 is 0 Å². The van der Waals surface area contributed by atoms with Crippen LogP contribution in [0.2, 0.25) is 0 Å². The van der Waals surface area contributed by atoms with E-state index in [1.165, 1.54) is 13.0 Å². The second-order valence-corrected chi connectivity index (χ2v) is 3.84. The summed E-state index contributed by atoms with van der Waals surface area (Å²) in [5.74, 6) is -1.10. The van der Waals surface area contributed by atoms with Crippen molar-refractivity contribution in [2.24, 2.45) is 0 Å². The SMILES string of the molecule is Cc1cc(Br)c(CC(=O)O)nc1C(F)F. The maximum atomic E-state index is 12.5. The molecule has 0 fully saturated rings. The van der Waals surface area contributed by atoms with Gasteiger partial charge in [-0.15, -0.1) is 0 Å². The molecule has 0 aliphatic heterocycles. The lowest BCUT2D eigenvalue weighted by Gasteiger charge is -2.08. The third-order valence-electron chi connectivity index (χ3n) is 1.80. The van der Waals surface area contributed by atoms with E-state index in [1.54, 1.807) is 0 Å². The monoisotopic (exact) mass is 279 g/mol. The van der Waals surface area contributed by atoms with Gasteiger partial charge in [0.1, 0.15) is 5.69 Å². The number of alkyl halides is 2. The highest BCUT2D eigenvalue weighted by Crippen LogP contribution is 2.25. The fourth-order valence-electron chi connectivity index (χ4n) is 1.12. The third kappa shape index (κ3) is 2.95. The molecule has 0 aliphatic carbocycles. The molecule has 0 aromatic carbocycles. The second kappa shape index (κ2) is 4.65. The standard InChI is InChI=1S/C9H8BrF2NO2/c1-4-2-5(10)6(3-7(14)15)13-8(4)9(11)12/h2,9H,3H2,1H3,(H,14,15). The first-order valence-electron chi connectivity index (χ1n) is 4.07. The van der Waals surface area contributed by atoms with Crippen molar-refractivity contribution in [3.63, 3.8) is 0 Å². The van der Waals surface area contributed by atoms with Crippen molar-refractivity contribution in [1.29, 1.82) is 0 Å². The van der Waals surface area contributed by atoms with Gasteiger partial charge < -0.3 is 5.11 Å². The van der Waals surface area contributed by atoms with Crippen LogP contribution < -0.4 is 0 Å². The highest BCUT2D eigenvalue weighted by atomic mass is 79.9. The number of carbonyl (C=O) groups is 1. The molecule has 0 unspecified atom stereocenters. The molecule has 82 valence electrons. The molecule has 15 heavy (non-hydrogen) atoms. The molecule has 6 heteroatoms. The minimum absolute atomic E-state index is 0.114. The quantitative estimate of drug-likeness (QED) is 0.926. The Labute approximate surface area is 93.3 Å². The van der Waals surface area contributed by atoms with Crippen molar-refractivity contribution in [3.8, 4) is 0 Å². The maximum Gasteiger partial charge on any atom is 0.309 e. The van der Waals surface area contributed by atoms with E-state index in [1.807, 2.05) is 0 Å². The lowest BCUT2D eigenvalue weighted by atomic mass is 10.2. The van der Waals surface area contributed by atoms with Crippen LogP contribution >= 0.6 is 15.9 Å². The second-order valence-electron chi connectivity index (χ2n) is 2.99. The highest BCUT2D eigenvalue weighted by molar-refractivity contribution is 9.10. The maximum absolute atomic E-state index is 12.5. The van der Waals surface area contributed by atoms with E-state index in [2.05, 4.69) is 20.9 Å². The molecule has 0 saturated carbocycles. The van der Waals surface area contributed by atoms with Crippen LogP contribution in [-0.2, 0) is 11.2 Å². The normalized spacial score (nSPS) is 10.7. The van der Waals surface area contributed by atoms with E-state index in [0.29, 0.717) is 10.0 Å². The van der Waals surface area contributed by atoms with Crippen LogP contribution in [0, 0.1) is 6.92 Å². The lowest BCUT2D eigenvalue weighted by molar-refractivity contribution is -0.136. The summed E-state index contributed by atoms with van der Waals surface area (Å²) in [6.07, 6.45) is -3.06. The predicted octanol–water partition coefficient (Wildman–Crippen LogP) is 2.72. The fraction of sp³-hybridized carbons (Fsp3) is 0.333. The van der Waals surface area contributed by atoms with Crippen LogP contribution in [0.25, 0.3) is 0 Å². The van der Waals surface area contributed by atoms with Gasteiger partial charge in [-0.2, -0.15) is 0 Å². The minimum atomic E-state index is -2.69. The molecule has 0 atom stereocenters. The number of pyridine rings is 1. The van der Waals surface area contributed by atoms with Crippen molar-refractivity contribution >= 4 is 21.9 Å². The van der Waals surface area contributed by atoms with Gasteiger partial charge in [0.2, 0.25) is 0 Å². The van der Waals surface area contributed by atoms with Crippen molar-refractivity contribution in [2.45, 2.75) is 19.8 Å². The van der Waals surface area contributed by atoms with Crippen LogP contribution in [-0.4, -0.2) is 16.1 Å². The average molecular weight is 280 g/mol. The van der Waals surface area contributed by atoms with Crippen molar-refractivity contribution in [3.05, 3.63) is 27.5 Å². The Hall–Kier alpha value is -1.04. The Balaban J connectivity index is 3.17. The summed E-state index contributed by atoms with van der Waals surface area (Å²) in [5.41, 5.74) is 0.0869. The molecule has 0 bridgehead atoms. The Morgan fingerprint density at radius 1 is 1.67 bits per heavy atom. The summed E-state index contributed by atoms with van der Waals surface area (Å²) in [6, 6.07) is 1.45. The van der Waals surface area contributed by atoms with Crippen LogP contribution in [0.1, 0.15) is 23.4 Å². The van der Waals surface area contributed by atoms with Crippen molar-refractivity contribution < 1.29 is 18.7 Å². The number of hydrogen-bond donors (Lipinski definition) is 1. The first-order chi connectivity index (χ1) is 6.91. The van der Waals surface area contributed by atoms with Crippen LogP contribution in [0.4, 0.5) is 8.78 Å². The largest absolute Gasteiger partial charge is 0.481 e. The summed E-state index contributed by atoms with van der Waals surface area (Å²) in [5, 5.41) is 8.54. The Bertz CT molecular complexity index is 396. The molecular formula is C9H8BrF2NO2. The first kappa shape index (κ1) is 12.0. The van der Waals surface area contributed by atoms with Crippen LogP contribution in [0.3, 0.4) is 0 Å². The summed E-state index contributed by atoms with van der Waals surface area (Å²) in [6.45, 7) is 1.50. The smallest absolute Gasteiger partial charge is 0.309 e. The molecule has 1 aromatic heterocycles. The molecule has 1 aromatic rings. The molecule has 1 heterocycles. The summed E-state index contributed by atoms with van der Waals surface area (Å²) < 4.78 is 25.3.